The Morgan fingerprint density at radius 1 is 1.41 bits per heavy atom. The van der Waals surface area contributed by atoms with Crippen LogP contribution in [0.5, 0.6) is 0 Å². The van der Waals surface area contributed by atoms with Crippen LogP contribution in [0.2, 0.25) is 0 Å². The highest BCUT2D eigenvalue weighted by atomic mass is 16.2. The van der Waals surface area contributed by atoms with Gasteiger partial charge in [-0.3, -0.25) is 4.79 Å². The molecule has 1 atom stereocenters. The summed E-state index contributed by atoms with van der Waals surface area (Å²) in [5.41, 5.74) is 1.56. The predicted octanol–water partition coefficient (Wildman–Crippen LogP) is 2.90. The molecule has 0 fully saturated rings. The average molecular weight is 231 g/mol. The minimum Gasteiger partial charge on any atom is -0.273 e. The van der Waals surface area contributed by atoms with E-state index in [2.05, 4.69) is 24.2 Å². The van der Waals surface area contributed by atoms with E-state index in [-0.39, 0.29) is 5.91 Å². The zero-order chi connectivity index (χ0) is 12.3. The van der Waals surface area contributed by atoms with Crippen LogP contribution in [-0.2, 0) is 0 Å². The van der Waals surface area contributed by atoms with Crippen molar-refractivity contribution < 1.29 is 4.79 Å². The molecule has 0 saturated carbocycles. The number of hydrogen-bond acceptors (Lipinski definition) is 3. The third-order valence-electron chi connectivity index (χ3n) is 3.14. The van der Waals surface area contributed by atoms with Crippen molar-refractivity contribution in [1.82, 2.24) is 15.0 Å². The number of rotatable bonds is 4. The molecular formula is C13H17N3O. The summed E-state index contributed by atoms with van der Waals surface area (Å²) in [6.45, 7) is 4.30. The molecule has 0 N–H and O–H groups in total. The summed E-state index contributed by atoms with van der Waals surface area (Å²) in [6, 6.07) is 7.52. The van der Waals surface area contributed by atoms with Crippen LogP contribution < -0.4 is 0 Å². The maximum atomic E-state index is 12.0. The molecule has 1 unspecified atom stereocenters. The highest BCUT2D eigenvalue weighted by molar-refractivity contribution is 5.88. The van der Waals surface area contributed by atoms with Crippen molar-refractivity contribution >= 4 is 16.9 Å². The fourth-order valence-corrected chi connectivity index (χ4v) is 1.73. The molecule has 0 aliphatic carbocycles. The van der Waals surface area contributed by atoms with Gasteiger partial charge < -0.3 is 0 Å². The van der Waals surface area contributed by atoms with Crippen molar-refractivity contribution in [2.24, 2.45) is 5.92 Å². The monoisotopic (exact) mass is 231 g/mol. The van der Waals surface area contributed by atoms with Gasteiger partial charge in [0.15, 0.2) is 0 Å². The lowest BCUT2D eigenvalue weighted by Gasteiger charge is -2.06. The number of carbonyl (C=O) groups excluding carboxylic acids is 1. The zero-order valence-corrected chi connectivity index (χ0v) is 10.3. The molecule has 90 valence electrons. The highest BCUT2D eigenvalue weighted by Crippen LogP contribution is 2.13. The largest absolute Gasteiger partial charge is 0.273 e. The summed E-state index contributed by atoms with van der Waals surface area (Å²) in [6.07, 6.45) is 2.54. The van der Waals surface area contributed by atoms with E-state index in [0.29, 0.717) is 12.3 Å². The molecule has 0 amide bonds. The predicted molar refractivity (Wildman–Crippen MR) is 66.8 cm³/mol. The molecule has 0 spiro atoms. The molecule has 0 radical (unpaired) electrons. The van der Waals surface area contributed by atoms with Crippen molar-refractivity contribution in [2.45, 2.75) is 33.1 Å². The van der Waals surface area contributed by atoms with Crippen LogP contribution in [-0.4, -0.2) is 20.9 Å². The molecule has 0 saturated heterocycles. The number of hydrogen-bond donors (Lipinski definition) is 0. The summed E-state index contributed by atoms with van der Waals surface area (Å²) in [5.74, 6) is 0.604. The lowest BCUT2D eigenvalue weighted by Crippen LogP contribution is -2.13. The second-order valence-electron chi connectivity index (χ2n) is 4.44. The smallest absolute Gasteiger partial charge is 0.248 e. The molecule has 2 aromatic rings. The van der Waals surface area contributed by atoms with E-state index in [1.165, 1.54) is 4.68 Å². The van der Waals surface area contributed by atoms with Gasteiger partial charge in [0.1, 0.15) is 5.52 Å². The first-order valence-corrected chi connectivity index (χ1v) is 6.06. The Morgan fingerprint density at radius 3 is 2.94 bits per heavy atom. The molecule has 4 nitrogen and oxygen atoms in total. The number of benzene rings is 1. The van der Waals surface area contributed by atoms with Gasteiger partial charge in [0.05, 0.1) is 5.52 Å². The fourth-order valence-electron chi connectivity index (χ4n) is 1.73. The van der Waals surface area contributed by atoms with E-state index in [0.717, 1.165) is 23.9 Å². The first-order chi connectivity index (χ1) is 8.22. The van der Waals surface area contributed by atoms with E-state index in [9.17, 15) is 4.79 Å². The Bertz CT molecular complexity index is 518. The SMILES string of the molecule is CCC(C)CCC(=O)n1nnc2ccccc21. The number of fused-ring (bicyclic) bond motifs is 1. The van der Waals surface area contributed by atoms with Gasteiger partial charge in [-0.15, -0.1) is 5.10 Å². The Morgan fingerprint density at radius 2 is 2.18 bits per heavy atom. The summed E-state index contributed by atoms with van der Waals surface area (Å²) in [5, 5.41) is 7.90. The zero-order valence-electron chi connectivity index (χ0n) is 10.3. The Labute approximate surface area is 101 Å². The summed E-state index contributed by atoms with van der Waals surface area (Å²) < 4.78 is 1.41. The first kappa shape index (κ1) is 11.8. The minimum absolute atomic E-state index is 0.0269. The van der Waals surface area contributed by atoms with Crippen LogP contribution in [0.3, 0.4) is 0 Å². The number of carbonyl (C=O) groups is 1. The maximum absolute atomic E-state index is 12.0. The Balaban J connectivity index is 2.14. The van der Waals surface area contributed by atoms with Crippen LogP contribution in [0.1, 0.15) is 37.9 Å². The molecule has 1 aromatic heterocycles. The Kier molecular flexibility index (Phi) is 3.52. The van der Waals surface area contributed by atoms with Gasteiger partial charge in [-0.25, -0.2) is 0 Å². The summed E-state index contributed by atoms with van der Waals surface area (Å²) >= 11 is 0. The quantitative estimate of drug-likeness (QED) is 0.812. The number of nitrogens with zero attached hydrogens (tertiary/aromatic N) is 3. The molecule has 2 rings (SSSR count). The van der Waals surface area contributed by atoms with E-state index in [4.69, 9.17) is 0 Å². The summed E-state index contributed by atoms with van der Waals surface area (Å²) in [4.78, 5) is 12.0. The lowest BCUT2D eigenvalue weighted by atomic mass is 10.0. The molecule has 4 heteroatoms. The van der Waals surface area contributed by atoms with Gasteiger partial charge in [0.25, 0.3) is 0 Å². The van der Waals surface area contributed by atoms with Crippen molar-refractivity contribution in [3.05, 3.63) is 24.3 Å². The van der Waals surface area contributed by atoms with Crippen LogP contribution in [0, 0.1) is 5.92 Å². The third kappa shape index (κ3) is 2.52. The fraction of sp³-hybridized carbons (Fsp3) is 0.462. The number of aromatic nitrogens is 3. The maximum Gasteiger partial charge on any atom is 0.248 e. The second-order valence-corrected chi connectivity index (χ2v) is 4.44. The van der Waals surface area contributed by atoms with Gasteiger partial charge in [-0.05, 0) is 24.5 Å². The van der Waals surface area contributed by atoms with Gasteiger partial charge >= 0.3 is 0 Å². The number of para-hydroxylation sites is 1. The van der Waals surface area contributed by atoms with E-state index in [1.54, 1.807) is 0 Å². The topological polar surface area (TPSA) is 47.8 Å². The van der Waals surface area contributed by atoms with E-state index < -0.39 is 0 Å². The molecule has 1 heterocycles. The lowest BCUT2D eigenvalue weighted by molar-refractivity contribution is 0.0881. The minimum atomic E-state index is 0.0269. The first-order valence-electron chi connectivity index (χ1n) is 6.06. The van der Waals surface area contributed by atoms with Crippen LogP contribution >= 0.6 is 0 Å². The summed E-state index contributed by atoms with van der Waals surface area (Å²) in [7, 11) is 0. The molecule has 17 heavy (non-hydrogen) atoms. The van der Waals surface area contributed by atoms with Crippen LogP contribution in [0.15, 0.2) is 24.3 Å². The molecule has 0 bridgehead atoms. The van der Waals surface area contributed by atoms with Gasteiger partial charge in [0.2, 0.25) is 5.91 Å². The van der Waals surface area contributed by atoms with Crippen molar-refractivity contribution in [3.63, 3.8) is 0 Å². The van der Waals surface area contributed by atoms with Crippen molar-refractivity contribution in [2.75, 3.05) is 0 Å². The average Bonchev–Trinajstić information content (AvgIpc) is 2.79. The normalized spacial score (nSPS) is 12.8. The molecule has 0 aliphatic heterocycles. The van der Waals surface area contributed by atoms with E-state index in [1.807, 2.05) is 24.3 Å². The van der Waals surface area contributed by atoms with Crippen LogP contribution in [0.25, 0.3) is 11.0 Å². The standard InChI is InChI=1S/C13H17N3O/c1-3-10(2)8-9-13(17)16-12-7-5-4-6-11(12)14-15-16/h4-7,10H,3,8-9H2,1-2H3. The van der Waals surface area contributed by atoms with Gasteiger partial charge in [-0.2, -0.15) is 4.68 Å². The van der Waals surface area contributed by atoms with Crippen molar-refractivity contribution in [3.8, 4) is 0 Å². The molecule has 0 aliphatic rings. The second kappa shape index (κ2) is 5.08. The van der Waals surface area contributed by atoms with Crippen molar-refractivity contribution in [1.29, 1.82) is 0 Å². The van der Waals surface area contributed by atoms with Crippen LogP contribution in [0.4, 0.5) is 0 Å². The third-order valence-corrected chi connectivity index (χ3v) is 3.14. The van der Waals surface area contributed by atoms with Gasteiger partial charge in [0, 0.05) is 6.42 Å². The molecular weight excluding hydrogens is 214 g/mol. The Hall–Kier alpha value is -1.71. The van der Waals surface area contributed by atoms with E-state index >= 15 is 0 Å². The molecule has 1 aromatic carbocycles. The van der Waals surface area contributed by atoms with Gasteiger partial charge in [-0.1, -0.05) is 37.6 Å². The highest BCUT2D eigenvalue weighted by Gasteiger charge is 2.12.